The van der Waals surface area contributed by atoms with E-state index < -0.39 is 6.04 Å². The van der Waals surface area contributed by atoms with Gasteiger partial charge in [0.25, 0.3) is 0 Å². The maximum atomic E-state index is 12.2. The largest absolute Gasteiger partial charge is 0.380 e. The second kappa shape index (κ2) is 22.6. The van der Waals surface area contributed by atoms with Gasteiger partial charge in [-0.3, -0.25) is 9.59 Å². The molecule has 38 heavy (non-hydrogen) atoms. The minimum atomic E-state index is -0.410. The summed E-state index contributed by atoms with van der Waals surface area (Å²) in [5.41, 5.74) is 6.03. The third-order valence-corrected chi connectivity index (χ3v) is 7.26. The molecule has 8 heteroatoms. The fraction of sp³-hybridized carbons (Fsp3) is 0.933. The molecule has 1 unspecified atom stereocenters. The predicted octanol–water partition coefficient (Wildman–Crippen LogP) is 4.12. The maximum Gasteiger partial charge on any atom is 0.236 e. The van der Waals surface area contributed by atoms with Gasteiger partial charge in [0, 0.05) is 37.6 Å². The summed E-state index contributed by atoms with van der Waals surface area (Å²) in [4.78, 5) is 24.1. The van der Waals surface area contributed by atoms with Gasteiger partial charge >= 0.3 is 0 Å². The number of hydrogen-bond acceptors (Lipinski definition) is 6. The van der Waals surface area contributed by atoms with Crippen LogP contribution >= 0.6 is 0 Å². The zero-order valence-corrected chi connectivity index (χ0v) is 25.9. The smallest absolute Gasteiger partial charge is 0.236 e. The first-order valence-corrected chi connectivity index (χ1v) is 15.3. The minimum Gasteiger partial charge on any atom is -0.380 e. The van der Waals surface area contributed by atoms with Crippen LogP contribution in [0.3, 0.4) is 0 Å². The quantitative estimate of drug-likeness (QED) is 0.111. The van der Waals surface area contributed by atoms with E-state index >= 15 is 0 Å². The van der Waals surface area contributed by atoms with Crippen LogP contribution in [0.5, 0.6) is 0 Å². The van der Waals surface area contributed by atoms with Crippen molar-refractivity contribution in [2.45, 2.75) is 130 Å². The molecule has 0 aliphatic heterocycles. The van der Waals surface area contributed by atoms with E-state index in [4.69, 9.17) is 10.5 Å². The van der Waals surface area contributed by atoms with Crippen LogP contribution < -0.4 is 27.0 Å². The Kier molecular flexibility index (Phi) is 21.9. The molecule has 6 N–H and O–H groups in total. The third kappa shape index (κ3) is 21.7. The van der Waals surface area contributed by atoms with Crippen LogP contribution in [0.15, 0.2) is 0 Å². The average molecular weight is 542 g/mol. The zero-order valence-electron chi connectivity index (χ0n) is 25.9. The van der Waals surface area contributed by atoms with E-state index in [1.807, 2.05) is 0 Å². The topological polar surface area (TPSA) is 118 Å². The van der Waals surface area contributed by atoms with Crippen molar-refractivity contribution in [2.24, 2.45) is 17.6 Å². The molecule has 2 amide bonds. The fourth-order valence-corrected chi connectivity index (χ4v) is 4.17. The van der Waals surface area contributed by atoms with Gasteiger partial charge in [0.05, 0.1) is 19.3 Å². The molecule has 0 bridgehead atoms. The molecule has 2 atom stereocenters. The lowest BCUT2D eigenvalue weighted by molar-refractivity contribution is -0.123. The molecule has 0 aromatic heterocycles. The van der Waals surface area contributed by atoms with E-state index in [-0.39, 0.29) is 17.4 Å². The highest BCUT2D eigenvalue weighted by Gasteiger charge is 2.24. The fourth-order valence-electron chi connectivity index (χ4n) is 4.17. The number of carbonyl (C=O) groups excluding carboxylic acids is 2. The van der Waals surface area contributed by atoms with Crippen molar-refractivity contribution in [1.82, 2.24) is 21.3 Å². The van der Waals surface area contributed by atoms with Crippen molar-refractivity contribution < 1.29 is 14.3 Å². The predicted molar refractivity (Wildman–Crippen MR) is 160 cm³/mol. The third-order valence-electron chi connectivity index (χ3n) is 7.26. The Balaban J connectivity index is 3.78. The van der Waals surface area contributed by atoms with Gasteiger partial charge in [-0.1, -0.05) is 60.3 Å². The lowest BCUT2D eigenvalue weighted by Crippen LogP contribution is -2.46. The highest BCUT2D eigenvalue weighted by Crippen LogP contribution is 2.21. The second-order valence-corrected chi connectivity index (χ2v) is 12.1. The van der Waals surface area contributed by atoms with Crippen LogP contribution in [-0.2, 0) is 14.3 Å². The first-order valence-electron chi connectivity index (χ1n) is 15.3. The van der Waals surface area contributed by atoms with Gasteiger partial charge in [-0.2, -0.15) is 0 Å². The van der Waals surface area contributed by atoms with Crippen LogP contribution in [0, 0.1) is 11.8 Å². The first-order chi connectivity index (χ1) is 18.0. The molecule has 0 saturated carbocycles. The molecule has 0 spiro atoms. The molecule has 0 rings (SSSR count). The lowest BCUT2D eigenvalue weighted by atomic mass is 9.85. The number of ether oxygens (including phenoxy) is 1. The van der Waals surface area contributed by atoms with E-state index in [1.165, 1.54) is 6.42 Å². The summed E-state index contributed by atoms with van der Waals surface area (Å²) in [5.74, 6) is 1.25. The van der Waals surface area contributed by atoms with Crippen molar-refractivity contribution in [2.75, 3.05) is 39.4 Å². The Bertz CT molecular complexity index is 598. The number of hydrogen-bond donors (Lipinski definition) is 5. The molecule has 0 aromatic rings. The molecule has 226 valence electrons. The summed E-state index contributed by atoms with van der Waals surface area (Å²) in [6, 6.07) is 0.0853. The molecule has 0 fully saturated rings. The molecule has 0 aromatic carbocycles. The summed E-state index contributed by atoms with van der Waals surface area (Å²) in [7, 11) is 0. The number of nitrogens with two attached hydrogens (primary N) is 1. The second-order valence-electron chi connectivity index (χ2n) is 12.1. The number of amides is 2. The summed E-state index contributed by atoms with van der Waals surface area (Å²) in [6.07, 6.45) is 9.69. The summed E-state index contributed by atoms with van der Waals surface area (Å²) in [5, 5.41) is 13.0. The van der Waals surface area contributed by atoms with Gasteiger partial charge in [0.1, 0.15) is 0 Å². The Hall–Kier alpha value is -1.22. The highest BCUT2D eigenvalue weighted by atomic mass is 16.5. The number of carbonyl (C=O) groups is 2. The van der Waals surface area contributed by atoms with Gasteiger partial charge in [0.2, 0.25) is 11.8 Å². The maximum absolute atomic E-state index is 12.2. The molecule has 0 heterocycles. The van der Waals surface area contributed by atoms with E-state index in [2.05, 4.69) is 69.7 Å². The molecule has 0 aliphatic carbocycles. The Labute approximate surface area is 234 Å². The van der Waals surface area contributed by atoms with Crippen molar-refractivity contribution in [3.63, 3.8) is 0 Å². The van der Waals surface area contributed by atoms with Crippen LogP contribution in [0.2, 0.25) is 0 Å². The van der Waals surface area contributed by atoms with Crippen molar-refractivity contribution in [1.29, 1.82) is 0 Å². The van der Waals surface area contributed by atoms with Crippen molar-refractivity contribution in [3.8, 4) is 0 Å². The Morgan fingerprint density at radius 3 is 2.03 bits per heavy atom. The number of rotatable bonds is 25. The molecular weight excluding hydrogens is 478 g/mol. The molecule has 0 saturated heterocycles. The molecule has 8 nitrogen and oxygen atoms in total. The molecular formula is C30H63N5O3. The van der Waals surface area contributed by atoms with Gasteiger partial charge in [-0.25, -0.2) is 0 Å². The number of unbranched alkanes of at least 4 members (excludes halogenated alkanes) is 3. The average Bonchev–Trinajstić information content (AvgIpc) is 2.84. The Morgan fingerprint density at radius 2 is 1.37 bits per heavy atom. The normalized spacial score (nSPS) is 13.6. The minimum absolute atomic E-state index is 0.00719. The van der Waals surface area contributed by atoms with Crippen molar-refractivity contribution in [3.05, 3.63) is 0 Å². The standard InChI is InChI=1S/C30H63N5O3/c1-24(2)14-8-11-19-33-28(36)17-22-38-23-21-35-30(6,7)26(5)15-9-12-20-34-29(37)27(31)16-10-13-18-32-25(3)4/h24-27,32,35H,8-23,31H2,1-7H3,(H,33,36)(H,34,37)/t26?,27-/m1/s1. The monoisotopic (exact) mass is 541 g/mol. The van der Waals surface area contributed by atoms with Gasteiger partial charge in [0.15, 0.2) is 0 Å². The van der Waals surface area contributed by atoms with E-state index in [1.54, 1.807) is 0 Å². The molecule has 0 radical (unpaired) electrons. The zero-order chi connectivity index (χ0) is 28.8. The Morgan fingerprint density at radius 1 is 0.763 bits per heavy atom. The van der Waals surface area contributed by atoms with E-state index in [0.717, 1.165) is 76.9 Å². The van der Waals surface area contributed by atoms with Crippen LogP contribution in [-0.4, -0.2) is 68.8 Å². The van der Waals surface area contributed by atoms with Crippen LogP contribution in [0.25, 0.3) is 0 Å². The summed E-state index contributed by atoms with van der Waals surface area (Å²) in [6.45, 7) is 19.7. The SMILES string of the molecule is CC(C)CCCCNC(=O)CCOCCNC(C)(C)C(C)CCCCNC(=O)[C@H](N)CCCCNC(C)C. The van der Waals surface area contributed by atoms with Gasteiger partial charge in [-0.05, 0) is 64.3 Å². The first kappa shape index (κ1) is 36.8. The van der Waals surface area contributed by atoms with E-state index in [0.29, 0.717) is 38.1 Å². The van der Waals surface area contributed by atoms with Gasteiger partial charge in [-0.15, -0.1) is 0 Å². The van der Waals surface area contributed by atoms with Crippen LogP contribution in [0.4, 0.5) is 0 Å². The van der Waals surface area contributed by atoms with E-state index in [9.17, 15) is 9.59 Å². The van der Waals surface area contributed by atoms with Crippen LogP contribution in [0.1, 0.15) is 113 Å². The molecule has 0 aliphatic rings. The lowest BCUT2D eigenvalue weighted by Gasteiger charge is -2.33. The summed E-state index contributed by atoms with van der Waals surface area (Å²) < 4.78 is 5.66. The highest BCUT2D eigenvalue weighted by molar-refractivity contribution is 5.81. The van der Waals surface area contributed by atoms with Crippen molar-refractivity contribution >= 4 is 11.8 Å². The summed E-state index contributed by atoms with van der Waals surface area (Å²) >= 11 is 0. The van der Waals surface area contributed by atoms with Gasteiger partial charge < -0.3 is 31.7 Å². The number of nitrogens with one attached hydrogen (secondary N) is 4.